The van der Waals surface area contributed by atoms with Crippen molar-refractivity contribution in [3.63, 3.8) is 0 Å². The molecule has 3 aromatic rings. The minimum Gasteiger partial charge on any atom is -0.454 e. The van der Waals surface area contributed by atoms with Crippen molar-refractivity contribution in [3.05, 3.63) is 47.8 Å². The number of hydrogen-bond donors (Lipinski definition) is 2. The van der Waals surface area contributed by atoms with Crippen LogP contribution in [0.15, 0.2) is 36.4 Å². The molecule has 0 unspecified atom stereocenters. The average molecular weight is 345 g/mol. The number of carbonyl (C=O) groups is 1. The van der Waals surface area contributed by atoms with Crippen LogP contribution in [-0.2, 0) is 6.54 Å². The summed E-state index contributed by atoms with van der Waals surface area (Å²) in [7, 11) is 0. The molecular weight excluding hydrogens is 333 g/mol. The first-order valence-corrected chi connectivity index (χ1v) is 7.98. The highest BCUT2D eigenvalue weighted by Crippen LogP contribution is 2.38. The summed E-state index contributed by atoms with van der Waals surface area (Å²) in [5.74, 6) is 1.02. The molecular formula is C16H12FN3O3S. The Morgan fingerprint density at radius 2 is 1.96 bits per heavy atom. The van der Waals surface area contributed by atoms with Gasteiger partial charge in [-0.1, -0.05) is 23.5 Å². The molecule has 1 aliphatic heterocycles. The lowest BCUT2D eigenvalue weighted by Gasteiger charge is -2.05. The number of fused-ring (bicyclic) bond motifs is 2. The first kappa shape index (κ1) is 14.7. The fourth-order valence-corrected chi connectivity index (χ4v) is 3.17. The van der Waals surface area contributed by atoms with Gasteiger partial charge in [0.2, 0.25) is 6.79 Å². The summed E-state index contributed by atoms with van der Waals surface area (Å²) in [5.41, 5.74) is 1.54. The zero-order chi connectivity index (χ0) is 16.5. The predicted octanol–water partition coefficient (Wildman–Crippen LogP) is 3.49. The summed E-state index contributed by atoms with van der Waals surface area (Å²) in [6, 6.07) is 9.20. The summed E-state index contributed by atoms with van der Waals surface area (Å²) >= 11 is 1.35. The van der Waals surface area contributed by atoms with E-state index in [4.69, 9.17) is 9.47 Å². The second kappa shape index (κ2) is 5.97. The van der Waals surface area contributed by atoms with Crippen molar-refractivity contribution in [1.82, 2.24) is 10.3 Å². The van der Waals surface area contributed by atoms with Crippen LogP contribution in [-0.4, -0.2) is 17.8 Å². The van der Waals surface area contributed by atoms with E-state index in [-0.39, 0.29) is 18.6 Å². The molecule has 6 nitrogen and oxygen atoms in total. The Morgan fingerprint density at radius 1 is 1.21 bits per heavy atom. The minimum atomic E-state index is -0.376. The molecule has 2 amide bonds. The number of nitrogens with zero attached hydrogens (tertiary/aromatic N) is 1. The lowest BCUT2D eigenvalue weighted by molar-refractivity contribution is 0.174. The van der Waals surface area contributed by atoms with Gasteiger partial charge < -0.3 is 14.8 Å². The molecule has 24 heavy (non-hydrogen) atoms. The number of nitrogens with one attached hydrogen (secondary N) is 2. The van der Waals surface area contributed by atoms with Gasteiger partial charge in [0.1, 0.15) is 5.82 Å². The molecule has 4 rings (SSSR count). The van der Waals surface area contributed by atoms with Gasteiger partial charge in [0, 0.05) is 18.7 Å². The molecule has 2 N–H and O–H groups in total. The predicted molar refractivity (Wildman–Crippen MR) is 88.0 cm³/mol. The number of benzene rings is 2. The molecule has 1 aliphatic rings. The maximum atomic E-state index is 12.8. The number of urea groups is 1. The normalized spacial score (nSPS) is 12.4. The van der Waals surface area contributed by atoms with Crippen molar-refractivity contribution in [2.75, 3.05) is 12.1 Å². The molecule has 0 spiro atoms. The van der Waals surface area contributed by atoms with Crippen LogP contribution in [0.5, 0.6) is 11.5 Å². The van der Waals surface area contributed by atoms with E-state index in [0.29, 0.717) is 23.2 Å². The lowest BCUT2D eigenvalue weighted by Crippen LogP contribution is -2.28. The van der Waals surface area contributed by atoms with Crippen molar-refractivity contribution in [3.8, 4) is 11.5 Å². The maximum Gasteiger partial charge on any atom is 0.321 e. The molecule has 1 aromatic heterocycles. The Labute approximate surface area is 140 Å². The van der Waals surface area contributed by atoms with Crippen LogP contribution in [0, 0.1) is 5.82 Å². The molecule has 0 fully saturated rings. The number of aromatic nitrogens is 1. The maximum absolute atomic E-state index is 12.8. The minimum absolute atomic E-state index is 0.212. The number of carbonyl (C=O) groups excluding carboxylic acids is 1. The summed E-state index contributed by atoms with van der Waals surface area (Å²) in [6.07, 6.45) is 0. The molecule has 0 radical (unpaired) electrons. The number of hydrogen-bond acceptors (Lipinski definition) is 5. The van der Waals surface area contributed by atoms with Crippen LogP contribution in [0.4, 0.5) is 14.3 Å². The topological polar surface area (TPSA) is 72.5 Å². The third-order valence-corrected chi connectivity index (χ3v) is 4.40. The van der Waals surface area contributed by atoms with E-state index < -0.39 is 0 Å². The highest BCUT2D eigenvalue weighted by Gasteiger charge is 2.17. The monoisotopic (exact) mass is 345 g/mol. The summed E-state index contributed by atoms with van der Waals surface area (Å²) in [5, 5.41) is 5.87. The van der Waals surface area contributed by atoms with Crippen LogP contribution in [0.2, 0.25) is 0 Å². The Balaban J connectivity index is 1.42. The molecule has 0 atom stereocenters. The van der Waals surface area contributed by atoms with Gasteiger partial charge >= 0.3 is 6.03 Å². The number of amides is 2. The number of thiazole rings is 1. The van der Waals surface area contributed by atoms with Crippen molar-refractivity contribution in [2.45, 2.75) is 6.54 Å². The third-order valence-electron chi connectivity index (χ3n) is 3.47. The number of anilines is 1. The van der Waals surface area contributed by atoms with Gasteiger partial charge in [-0.3, -0.25) is 5.32 Å². The molecule has 8 heteroatoms. The van der Waals surface area contributed by atoms with Crippen molar-refractivity contribution >= 4 is 32.7 Å². The molecule has 122 valence electrons. The quantitative estimate of drug-likeness (QED) is 0.762. The van der Waals surface area contributed by atoms with Gasteiger partial charge in [0.05, 0.1) is 10.2 Å². The first-order valence-electron chi connectivity index (χ1n) is 7.17. The molecule has 0 saturated carbocycles. The average Bonchev–Trinajstić information content (AvgIpc) is 3.17. The van der Waals surface area contributed by atoms with E-state index >= 15 is 0 Å². The van der Waals surface area contributed by atoms with Gasteiger partial charge in [0.25, 0.3) is 0 Å². The van der Waals surface area contributed by atoms with E-state index in [1.54, 1.807) is 18.2 Å². The van der Waals surface area contributed by atoms with E-state index in [1.165, 1.54) is 23.5 Å². The number of halogens is 1. The van der Waals surface area contributed by atoms with Gasteiger partial charge in [-0.2, -0.15) is 0 Å². The standard InChI is InChI=1S/C16H12FN3O3S/c17-10-3-1-9(2-4-10)7-18-15(21)20-16-19-11-5-12-13(23-8-22-12)6-14(11)24-16/h1-6H,7-8H2,(H2,18,19,20,21). The van der Waals surface area contributed by atoms with Gasteiger partial charge in [-0.15, -0.1) is 0 Å². The zero-order valence-corrected chi connectivity index (χ0v) is 13.2. The molecule has 2 aromatic carbocycles. The van der Waals surface area contributed by atoms with Gasteiger partial charge in [-0.05, 0) is 17.7 Å². The smallest absolute Gasteiger partial charge is 0.321 e. The largest absolute Gasteiger partial charge is 0.454 e. The highest BCUT2D eigenvalue weighted by atomic mass is 32.1. The van der Waals surface area contributed by atoms with Crippen molar-refractivity contribution < 1.29 is 18.7 Å². The molecule has 0 aliphatic carbocycles. The summed E-state index contributed by atoms with van der Waals surface area (Å²) in [4.78, 5) is 16.3. The number of ether oxygens (including phenoxy) is 2. The fraction of sp³-hybridized carbons (Fsp3) is 0.125. The van der Waals surface area contributed by atoms with Crippen LogP contribution in [0.1, 0.15) is 5.56 Å². The highest BCUT2D eigenvalue weighted by molar-refractivity contribution is 7.22. The van der Waals surface area contributed by atoms with Crippen LogP contribution in [0.3, 0.4) is 0 Å². The second-order valence-electron chi connectivity index (χ2n) is 5.13. The fourth-order valence-electron chi connectivity index (χ4n) is 2.30. The Morgan fingerprint density at radius 3 is 2.75 bits per heavy atom. The Kier molecular flexibility index (Phi) is 3.66. The molecule has 2 heterocycles. The van der Waals surface area contributed by atoms with E-state index in [2.05, 4.69) is 15.6 Å². The van der Waals surface area contributed by atoms with E-state index in [0.717, 1.165) is 15.8 Å². The van der Waals surface area contributed by atoms with Crippen LogP contribution in [0.25, 0.3) is 10.2 Å². The summed E-state index contributed by atoms with van der Waals surface area (Å²) < 4.78 is 24.4. The molecule has 0 saturated heterocycles. The third kappa shape index (κ3) is 2.95. The first-order chi connectivity index (χ1) is 11.7. The van der Waals surface area contributed by atoms with Crippen LogP contribution >= 0.6 is 11.3 Å². The van der Waals surface area contributed by atoms with Crippen molar-refractivity contribution in [2.24, 2.45) is 0 Å². The Bertz CT molecular complexity index is 870. The van der Waals surface area contributed by atoms with Crippen LogP contribution < -0.4 is 20.1 Å². The lowest BCUT2D eigenvalue weighted by atomic mass is 10.2. The number of rotatable bonds is 3. The molecule has 0 bridgehead atoms. The zero-order valence-electron chi connectivity index (χ0n) is 12.3. The van der Waals surface area contributed by atoms with E-state index in [9.17, 15) is 9.18 Å². The summed E-state index contributed by atoms with van der Waals surface area (Å²) in [6.45, 7) is 0.510. The second-order valence-corrected chi connectivity index (χ2v) is 6.16. The Hall–Kier alpha value is -2.87. The van der Waals surface area contributed by atoms with E-state index in [1.807, 2.05) is 6.07 Å². The SMILES string of the molecule is O=C(NCc1ccc(F)cc1)Nc1nc2cc3c(cc2s1)OCO3. The van der Waals surface area contributed by atoms with Gasteiger partial charge in [-0.25, -0.2) is 14.2 Å². The van der Waals surface area contributed by atoms with Crippen molar-refractivity contribution in [1.29, 1.82) is 0 Å². The van der Waals surface area contributed by atoms with Gasteiger partial charge in [0.15, 0.2) is 16.6 Å².